The van der Waals surface area contributed by atoms with Gasteiger partial charge in [0.2, 0.25) is 0 Å². The van der Waals surface area contributed by atoms with Crippen LogP contribution in [-0.2, 0) is 7.05 Å². The number of aromatic nitrogens is 1. The molecule has 0 aliphatic carbocycles. The smallest absolute Gasteiger partial charge is 0.408 e. The molecule has 6 heteroatoms. The summed E-state index contributed by atoms with van der Waals surface area (Å²) in [7, 11) is 1.62. The average Bonchev–Trinajstić information content (AvgIpc) is 2.73. The minimum absolute atomic E-state index is 0.174. The summed E-state index contributed by atoms with van der Waals surface area (Å²) in [6, 6.07) is 9.90. The van der Waals surface area contributed by atoms with Gasteiger partial charge in [-0.1, -0.05) is 11.6 Å². The minimum Gasteiger partial charge on any atom is -0.408 e. The van der Waals surface area contributed by atoms with Gasteiger partial charge in [0.05, 0.1) is 5.52 Å². The number of halogens is 2. The Morgan fingerprint density at radius 2 is 2.00 bits per heavy atom. The molecule has 1 aromatic heterocycles. The number of carbonyl (C=O) groups excluding carboxylic acids is 1. The van der Waals surface area contributed by atoms with Crippen molar-refractivity contribution >= 4 is 44.4 Å². The number of nitrogens with zero attached hydrogens (tertiary/aromatic N) is 1. The molecule has 0 N–H and O–H groups in total. The summed E-state index contributed by atoms with van der Waals surface area (Å²) in [5, 5.41) is 0.544. The fourth-order valence-electron chi connectivity index (χ4n) is 2.10. The van der Waals surface area contributed by atoms with Gasteiger partial charge in [0, 0.05) is 27.7 Å². The maximum absolute atomic E-state index is 12.5. The molecule has 0 bridgehead atoms. The zero-order valence-corrected chi connectivity index (χ0v) is 13.2. The lowest BCUT2D eigenvalue weighted by molar-refractivity contribution is 0.103. The van der Waals surface area contributed by atoms with Crippen LogP contribution in [0.5, 0.6) is 0 Å². The Balaban J connectivity index is 2.11. The molecule has 0 radical (unpaired) electrons. The largest absolute Gasteiger partial charge is 0.419 e. The molecular weight excluding hydrogens is 358 g/mol. The molecule has 0 amide bonds. The number of ketones is 1. The molecular formula is C15H9BrClNO3. The lowest BCUT2D eigenvalue weighted by Crippen LogP contribution is -2.08. The number of hydrogen-bond donors (Lipinski definition) is 0. The van der Waals surface area contributed by atoms with Gasteiger partial charge in [-0.25, -0.2) is 4.79 Å². The van der Waals surface area contributed by atoms with Crippen LogP contribution in [0.25, 0.3) is 11.1 Å². The number of rotatable bonds is 2. The fraction of sp³-hybridized carbons (Fsp3) is 0.0667. The predicted octanol–water partition coefficient (Wildman–Crippen LogP) is 3.78. The molecule has 106 valence electrons. The van der Waals surface area contributed by atoms with E-state index in [2.05, 4.69) is 15.9 Å². The van der Waals surface area contributed by atoms with E-state index < -0.39 is 5.76 Å². The van der Waals surface area contributed by atoms with Gasteiger partial charge < -0.3 is 4.42 Å². The van der Waals surface area contributed by atoms with Crippen LogP contribution in [-0.4, -0.2) is 10.4 Å². The van der Waals surface area contributed by atoms with Crippen molar-refractivity contribution in [2.45, 2.75) is 0 Å². The SMILES string of the molecule is Cn1c(=O)oc2cc(C(=O)c3ccc(Cl)cc3Br)ccc21. The van der Waals surface area contributed by atoms with Crippen molar-refractivity contribution in [3.05, 3.63) is 67.6 Å². The molecule has 4 nitrogen and oxygen atoms in total. The first-order valence-corrected chi connectivity index (χ1v) is 7.24. The summed E-state index contributed by atoms with van der Waals surface area (Å²) in [5.41, 5.74) is 1.97. The van der Waals surface area contributed by atoms with Gasteiger partial charge in [-0.05, 0) is 52.3 Å². The van der Waals surface area contributed by atoms with Gasteiger partial charge >= 0.3 is 5.76 Å². The standard InChI is InChI=1S/C15H9BrClNO3/c1-18-12-5-2-8(6-13(12)21-15(18)20)14(19)10-4-3-9(17)7-11(10)16/h2-7H,1H3. The highest BCUT2D eigenvalue weighted by Gasteiger charge is 2.15. The summed E-state index contributed by atoms with van der Waals surface area (Å²) in [5.74, 6) is -0.630. The topological polar surface area (TPSA) is 52.2 Å². The molecule has 0 aliphatic rings. The van der Waals surface area contributed by atoms with Crippen LogP contribution in [0.3, 0.4) is 0 Å². The summed E-state index contributed by atoms with van der Waals surface area (Å²) in [6.45, 7) is 0. The third-order valence-corrected chi connectivity index (χ3v) is 4.12. The normalized spacial score (nSPS) is 11.0. The molecule has 0 fully saturated rings. The number of carbonyl (C=O) groups is 1. The number of hydrogen-bond acceptors (Lipinski definition) is 3. The summed E-state index contributed by atoms with van der Waals surface area (Å²) in [6.07, 6.45) is 0. The maximum Gasteiger partial charge on any atom is 0.419 e. The first-order chi connectivity index (χ1) is 9.97. The van der Waals surface area contributed by atoms with Gasteiger partial charge in [0.15, 0.2) is 11.4 Å². The van der Waals surface area contributed by atoms with Crippen LogP contribution >= 0.6 is 27.5 Å². The van der Waals surface area contributed by atoms with Gasteiger partial charge in [0.25, 0.3) is 0 Å². The highest BCUT2D eigenvalue weighted by Crippen LogP contribution is 2.25. The Kier molecular flexibility index (Phi) is 3.47. The van der Waals surface area contributed by atoms with Crippen LogP contribution in [0.2, 0.25) is 5.02 Å². The number of benzene rings is 2. The van der Waals surface area contributed by atoms with Crippen LogP contribution in [0.1, 0.15) is 15.9 Å². The molecule has 1 heterocycles. The highest BCUT2D eigenvalue weighted by molar-refractivity contribution is 9.10. The lowest BCUT2D eigenvalue weighted by atomic mass is 10.0. The second-order valence-corrected chi connectivity index (χ2v) is 5.85. The van der Waals surface area contributed by atoms with Crippen LogP contribution in [0, 0.1) is 0 Å². The van der Waals surface area contributed by atoms with E-state index in [0.717, 1.165) is 0 Å². The van der Waals surface area contributed by atoms with E-state index in [9.17, 15) is 9.59 Å². The van der Waals surface area contributed by atoms with Crippen molar-refractivity contribution in [2.75, 3.05) is 0 Å². The van der Waals surface area contributed by atoms with E-state index >= 15 is 0 Å². The summed E-state index contributed by atoms with van der Waals surface area (Å²) >= 11 is 9.20. The number of oxazole rings is 1. The Bertz CT molecular complexity index is 926. The van der Waals surface area contributed by atoms with E-state index in [-0.39, 0.29) is 5.78 Å². The van der Waals surface area contributed by atoms with E-state index in [1.807, 2.05) is 0 Å². The Morgan fingerprint density at radius 3 is 2.71 bits per heavy atom. The average molecular weight is 367 g/mol. The molecule has 21 heavy (non-hydrogen) atoms. The molecule has 2 aromatic carbocycles. The second-order valence-electron chi connectivity index (χ2n) is 4.56. The fourth-order valence-corrected chi connectivity index (χ4v) is 2.97. The van der Waals surface area contributed by atoms with E-state index in [0.29, 0.717) is 31.7 Å². The van der Waals surface area contributed by atoms with Gasteiger partial charge in [-0.3, -0.25) is 9.36 Å². The third kappa shape index (κ3) is 2.43. The molecule has 0 saturated heterocycles. The molecule has 3 aromatic rings. The molecule has 3 rings (SSSR count). The van der Waals surface area contributed by atoms with Crippen molar-refractivity contribution in [1.82, 2.24) is 4.57 Å². The van der Waals surface area contributed by atoms with Crippen LogP contribution < -0.4 is 5.76 Å². The zero-order chi connectivity index (χ0) is 15.1. The highest BCUT2D eigenvalue weighted by atomic mass is 79.9. The lowest BCUT2D eigenvalue weighted by Gasteiger charge is -2.04. The van der Waals surface area contributed by atoms with Crippen molar-refractivity contribution < 1.29 is 9.21 Å². The molecule has 0 unspecified atom stereocenters. The Morgan fingerprint density at radius 1 is 1.24 bits per heavy atom. The monoisotopic (exact) mass is 365 g/mol. The Hall–Kier alpha value is -1.85. The van der Waals surface area contributed by atoms with Crippen molar-refractivity contribution in [3.63, 3.8) is 0 Å². The quantitative estimate of drug-likeness (QED) is 0.649. The first kappa shape index (κ1) is 14.1. The second kappa shape index (κ2) is 5.16. The first-order valence-electron chi connectivity index (χ1n) is 6.06. The molecule has 0 atom stereocenters. The molecule has 0 aliphatic heterocycles. The van der Waals surface area contributed by atoms with Crippen molar-refractivity contribution in [1.29, 1.82) is 0 Å². The van der Waals surface area contributed by atoms with E-state index in [1.54, 1.807) is 43.4 Å². The zero-order valence-electron chi connectivity index (χ0n) is 10.9. The molecule has 0 spiro atoms. The third-order valence-electron chi connectivity index (χ3n) is 3.23. The number of aryl methyl sites for hydroxylation is 1. The van der Waals surface area contributed by atoms with Gasteiger partial charge in [-0.2, -0.15) is 0 Å². The van der Waals surface area contributed by atoms with Crippen molar-refractivity contribution in [2.24, 2.45) is 7.05 Å². The van der Waals surface area contributed by atoms with Crippen LogP contribution in [0.4, 0.5) is 0 Å². The summed E-state index contributed by atoms with van der Waals surface area (Å²) < 4.78 is 7.11. The maximum atomic E-state index is 12.5. The van der Waals surface area contributed by atoms with E-state index in [1.165, 1.54) is 4.57 Å². The van der Waals surface area contributed by atoms with E-state index in [4.69, 9.17) is 16.0 Å². The van der Waals surface area contributed by atoms with Gasteiger partial charge in [-0.15, -0.1) is 0 Å². The Labute approximate surface area is 133 Å². The number of fused-ring (bicyclic) bond motifs is 1. The predicted molar refractivity (Wildman–Crippen MR) is 84.0 cm³/mol. The molecule has 0 saturated carbocycles. The van der Waals surface area contributed by atoms with Gasteiger partial charge in [0.1, 0.15) is 0 Å². The van der Waals surface area contributed by atoms with Crippen molar-refractivity contribution in [3.8, 4) is 0 Å². The summed E-state index contributed by atoms with van der Waals surface area (Å²) in [4.78, 5) is 24.0. The van der Waals surface area contributed by atoms with Crippen LogP contribution in [0.15, 0.2) is 50.1 Å². The minimum atomic E-state index is -0.456.